The van der Waals surface area contributed by atoms with Gasteiger partial charge in [0.25, 0.3) is 0 Å². The molecule has 7 heteroatoms. The zero-order valence-electron chi connectivity index (χ0n) is 13.4. The highest BCUT2D eigenvalue weighted by molar-refractivity contribution is 7.89. The molecule has 1 aliphatic rings. The van der Waals surface area contributed by atoms with E-state index in [9.17, 15) is 22.7 Å². The lowest BCUT2D eigenvalue weighted by Gasteiger charge is -2.26. The largest absolute Gasteiger partial charge is 0.478 e. The number of carbonyl (C=O) groups is 1. The Hall–Kier alpha value is -2.51. The summed E-state index contributed by atoms with van der Waals surface area (Å²) in [6.07, 6.45) is 1.35. The molecule has 0 fully saturated rings. The van der Waals surface area contributed by atoms with Gasteiger partial charge in [0.15, 0.2) is 0 Å². The van der Waals surface area contributed by atoms with Crippen LogP contribution < -0.4 is 0 Å². The molecule has 1 heterocycles. The maximum Gasteiger partial charge on any atom is 0.333 e. The first-order valence-corrected chi connectivity index (χ1v) is 9.02. The highest BCUT2D eigenvalue weighted by Gasteiger charge is 2.40. The third-order valence-corrected chi connectivity index (χ3v) is 5.96. The lowest BCUT2D eigenvalue weighted by molar-refractivity contribution is -0.133. The summed E-state index contributed by atoms with van der Waals surface area (Å²) in [5, 5.41) is 9.42. The van der Waals surface area contributed by atoms with Crippen molar-refractivity contribution in [1.82, 2.24) is 4.31 Å². The Morgan fingerprint density at radius 1 is 1.20 bits per heavy atom. The second-order valence-electron chi connectivity index (χ2n) is 5.81. The molecule has 0 radical (unpaired) electrons. The maximum absolute atomic E-state index is 13.6. The summed E-state index contributed by atoms with van der Waals surface area (Å²) in [6.45, 7) is 1.75. The van der Waals surface area contributed by atoms with Crippen LogP contribution in [0.4, 0.5) is 4.39 Å². The van der Waals surface area contributed by atoms with E-state index in [0.717, 1.165) is 15.9 Å². The number of hydrogen-bond donors (Lipinski definition) is 1. The van der Waals surface area contributed by atoms with E-state index < -0.39 is 27.9 Å². The number of hydrogen-bond acceptors (Lipinski definition) is 3. The van der Waals surface area contributed by atoms with E-state index in [2.05, 4.69) is 0 Å². The molecule has 0 spiro atoms. The van der Waals surface area contributed by atoms with Crippen molar-refractivity contribution in [3.8, 4) is 0 Å². The molecule has 1 N–H and O–H groups in total. The van der Waals surface area contributed by atoms with Gasteiger partial charge in [0.2, 0.25) is 10.0 Å². The van der Waals surface area contributed by atoms with Crippen molar-refractivity contribution in [2.24, 2.45) is 0 Å². The standard InChI is InChI=1S/C18H16FNO4S/c1-12-5-7-15(8-6-12)25(23,24)20-10-9-16(18(21)22)17(20)13-3-2-4-14(19)11-13/h2-9,11,17H,10H2,1H3,(H,21,22). The van der Waals surface area contributed by atoms with Crippen molar-refractivity contribution in [3.63, 3.8) is 0 Å². The van der Waals surface area contributed by atoms with E-state index in [1.807, 2.05) is 6.92 Å². The van der Waals surface area contributed by atoms with Crippen LogP contribution in [0.2, 0.25) is 0 Å². The second-order valence-corrected chi connectivity index (χ2v) is 7.70. The minimum Gasteiger partial charge on any atom is -0.478 e. The predicted octanol–water partition coefficient (Wildman–Crippen LogP) is 2.89. The molecule has 1 atom stereocenters. The van der Waals surface area contributed by atoms with Gasteiger partial charge in [-0.2, -0.15) is 4.31 Å². The van der Waals surface area contributed by atoms with Crippen LogP contribution in [0.3, 0.4) is 0 Å². The Morgan fingerprint density at radius 3 is 2.48 bits per heavy atom. The van der Waals surface area contributed by atoms with Crippen molar-refractivity contribution in [3.05, 3.63) is 77.1 Å². The molecule has 3 rings (SSSR count). The van der Waals surface area contributed by atoms with Gasteiger partial charge in [-0.15, -0.1) is 0 Å². The summed E-state index contributed by atoms with van der Waals surface area (Å²) in [7, 11) is -3.94. The third-order valence-electron chi connectivity index (χ3n) is 4.11. The first-order chi connectivity index (χ1) is 11.8. The summed E-state index contributed by atoms with van der Waals surface area (Å²) in [4.78, 5) is 11.6. The fourth-order valence-electron chi connectivity index (χ4n) is 2.87. The van der Waals surface area contributed by atoms with Crippen molar-refractivity contribution in [1.29, 1.82) is 0 Å². The fourth-order valence-corrected chi connectivity index (χ4v) is 4.40. The van der Waals surface area contributed by atoms with Crippen molar-refractivity contribution in [2.75, 3.05) is 6.54 Å². The normalized spacial score (nSPS) is 18.2. The van der Waals surface area contributed by atoms with Gasteiger partial charge < -0.3 is 5.11 Å². The summed E-state index contributed by atoms with van der Waals surface area (Å²) in [5.41, 5.74) is 1.11. The molecule has 0 aliphatic carbocycles. The number of carboxylic acids is 1. The van der Waals surface area contributed by atoms with Gasteiger partial charge in [-0.05, 0) is 36.8 Å². The van der Waals surface area contributed by atoms with Gasteiger partial charge in [0, 0.05) is 6.54 Å². The highest BCUT2D eigenvalue weighted by Crippen LogP contribution is 2.37. The SMILES string of the molecule is Cc1ccc(S(=O)(=O)N2CC=C(C(=O)O)C2c2cccc(F)c2)cc1. The molecular formula is C18H16FNO4S. The quantitative estimate of drug-likeness (QED) is 0.909. The number of rotatable bonds is 4. The Labute approximate surface area is 145 Å². The van der Waals surface area contributed by atoms with Gasteiger partial charge in [-0.1, -0.05) is 35.9 Å². The first kappa shape index (κ1) is 17.3. The van der Waals surface area contributed by atoms with Crippen LogP contribution in [0.1, 0.15) is 17.2 Å². The highest BCUT2D eigenvalue weighted by atomic mass is 32.2. The number of benzene rings is 2. The van der Waals surface area contributed by atoms with E-state index >= 15 is 0 Å². The molecule has 5 nitrogen and oxygen atoms in total. The van der Waals surface area contributed by atoms with Crippen molar-refractivity contribution >= 4 is 16.0 Å². The number of carboxylic acid groups (broad SMARTS) is 1. The summed E-state index contributed by atoms with van der Waals surface area (Å²) in [5.74, 6) is -1.78. The smallest absolute Gasteiger partial charge is 0.333 e. The van der Waals surface area contributed by atoms with E-state index in [-0.39, 0.29) is 22.6 Å². The molecule has 0 bridgehead atoms. The third kappa shape index (κ3) is 3.20. The topological polar surface area (TPSA) is 74.7 Å². The van der Waals surface area contributed by atoms with Crippen LogP contribution >= 0.6 is 0 Å². The zero-order chi connectivity index (χ0) is 18.2. The predicted molar refractivity (Wildman–Crippen MR) is 89.9 cm³/mol. The number of aliphatic carboxylic acids is 1. The number of nitrogens with zero attached hydrogens (tertiary/aromatic N) is 1. The summed E-state index contributed by atoms with van der Waals surface area (Å²) < 4.78 is 40.7. The van der Waals surface area contributed by atoms with Crippen molar-refractivity contribution < 1.29 is 22.7 Å². The van der Waals surface area contributed by atoms with Crippen LogP contribution in [0.5, 0.6) is 0 Å². The fraction of sp³-hybridized carbons (Fsp3) is 0.167. The molecule has 1 unspecified atom stereocenters. The average Bonchev–Trinajstić information content (AvgIpc) is 3.01. The van der Waals surface area contributed by atoms with Crippen LogP contribution in [0.15, 0.2) is 65.1 Å². The first-order valence-electron chi connectivity index (χ1n) is 7.58. The van der Waals surface area contributed by atoms with Crippen LogP contribution in [-0.2, 0) is 14.8 Å². The lowest BCUT2D eigenvalue weighted by atomic mass is 10.0. The number of halogens is 1. The second kappa shape index (κ2) is 6.42. The van der Waals surface area contributed by atoms with Gasteiger partial charge in [-0.25, -0.2) is 17.6 Å². The van der Waals surface area contributed by atoms with Crippen LogP contribution in [0, 0.1) is 12.7 Å². The van der Waals surface area contributed by atoms with E-state index in [1.54, 1.807) is 12.1 Å². The minimum atomic E-state index is -3.94. The van der Waals surface area contributed by atoms with E-state index in [0.29, 0.717) is 0 Å². The molecule has 1 aliphatic heterocycles. The summed E-state index contributed by atoms with van der Waals surface area (Å²) >= 11 is 0. The lowest BCUT2D eigenvalue weighted by Crippen LogP contribution is -2.33. The molecule has 2 aromatic rings. The maximum atomic E-state index is 13.6. The Kier molecular flexibility index (Phi) is 4.45. The molecule has 0 amide bonds. The molecular weight excluding hydrogens is 345 g/mol. The minimum absolute atomic E-state index is 0.0690. The number of aryl methyl sites for hydroxylation is 1. The van der Waals surface area contributed by atoms with Crippen LogP contribution in [-0.4, -0.2) is 30.3 Å². The van der Waals surface area contributed by atoms with Gasteiger partial charge in [-0.3, -0.25) is 0 Å². The Bertz CT molecular complexity index is 951. The van der Waals surface area contributed by atoms with Gasteiger partial charge >= 0.3 is 5.97 Å². The Morgan fingerprint density at radius 2 is 1.88 bits per heavy atom. The van der Waals surface area contributed by atoms with Crippen LogP contribution in [0.25, 0.3) is 0 Å². The average molecular weight is 361 g/mol. The molecule has 0 saturated heterocycles. The molecule has 0 aromatic heterocycles. The monoisotopic (exact) mass is 361 g/mol. The Balaban J connectivity index is 2.08. The molecule has 0 saturated carbocycles. The number of sulfonamides is 1. The van der Waals surface area contributed by atoms with E-state index in [4.69, 9.17) is 0 Å². The van der Waals surface area contributed by atoms with Crippen molar-refractivity contribution in [2.45, 2.75) is 17.9 Å². The molecule has 25 heavy (non-hydrogen) atoms. The molecule has 2 aromatic carbocycles. The van der Waals surface area contributed by atoms with Gasteiger partial charge in [0.05, 0.1) is 16.5 Å². The van der Waals surface area contributed by atoms with E-state index in [1.165, 1.54) is 36.4 Å². The molecule has 130 valence electrons. The van der Waals surface area contributed by atoms with Gasteiger partial charge in [0.1, 0.15) is 5.82 Å². The summed E-state index contributed by atoms with van der Waals surface area (Å²) in [6, 6.07) is 10.6. The zero-order valence-corrected chi connectivity index (χ0v) is 14.2.